The van der Waals surface area contributed by atoms with Crippen molar-refractivity contribution >= 4 is 11.8 Å². The first kappa shape index (κ1) is 20.8. The molecule has 1 aromatic heterocycles. The molecule has 6 heteroatoms. The van der Waals surface area contributed by atoms with Crippen LogP contribution in [-0.2, 0) is 16.1 Å². The molecule has 0 spiro atoms. The SMILES string of the molecule is CC(C)(C)C(=O)N1CCN([C@H](C(=O)NCc2ccccn2)C2CCCC2)CC1. The molecular weight excluding hydrogens is 352 g/mol. The fourth-order valence-corrected chi connectivity index (χ4v) is 4.41. The molecule has 2 aliphatic rings. The predicted molar refractivity (Wildman–Crippen MR) is 109 cm³/mol. The van der Waals surface area contributed by atoms with E-state index in [2.05, 4.69) is 15.2 Å². The molecule has 28 heavy (non-hydrogen) atoms. The molecule has 1 aromatic rings. The average molecular weight is 387 g/mol. The van der Waals surface area contributed by atoms with Crippen LogP contribution < -0.4 is 5.32 Å². The number of nitrogens with zero attached hydrogens (tertiary/aromatic N) is 3. The highest BCUT2D eigenvalue weighted by Crippen LogP contribution is 2.31. The lowest BCUT2D eigenvalue weighted by Crippen LogP contribution is -2.58. The van der Waals surface area contributed by atoms with Crippen LogP contribution in [0.3, 0.4) is 0 Å². The number of amides is 2. The van der Waals surface area contributed by atoms with Gasteiger partial charge in [0.1, 0.15) is 0 Å². The van der Waals surface area contributed by atoms with E-state index in [1.54, 1.807) is 6.20 Å². The summed E-state index contributed by atoms with van der Waals surface area (Å²) < 4.78 is 0. The molecule has 0 aromatic carbocycles. The smallest absolute Gasteiger partial charge is 0.237 e. The van der Waals surface area contributed by atoms with Crippen LogP contribution in [0.1, 0.15) is 52.1 Å². The summed E-state index contributed by atoms with van der Waals surface area (Å²) in [6, 6.07) is 5.65. The van der Waals surface area contributed by atoms with Gasteiger partial charge in [0, 0.05) is 37.8 Å². The van der Waals surface area contributed by atoms with Crippen molar-refractivity contribution in [1.29, 1.82) is 0 Å². The summed E-state index contributed by atoms with van der Waals surface area (Å²) in [6.07, 6.45) is 6.39. The van der Waals surface area contributed by atoms with E-state index in [0.29, 0.717) is 25.6 Å². The fourth-order valence-electron chi connectivity index (χ4n) is 4.41. The predicted octanol–water partition coefficient (Wildman–Crippen LogP) is 2.45. The Hall–Kier alpha value is -1.95. The molecule has 0 unspecified atom stereocenters. The molecular formula is C22H34N4O2. The summed E-state index contributed by atoms with van der Waals surface area (Å²) in [7, 11) is 0. The van der Waals surface area contributed by atoms with Gasteiger partial charge in [-0.3, -0.25) is 19.5 Å². The highest BCUT2D eigenvalue weighted by molar-refractivity contribution is 5.83. The topological polar surface area (TPSA) is 65.5 Å². The quantitative estimate of drug-likeness (QED) is 0.844. The van der Waals surface area contributed by atoms with Crippen LogP contribution in [0.15, 0.2) is 24.4 Å². The number of rotatable bonds is 5. The summed E-state index contributed by atoms with van der Waals surface area (Å²) in [5.74, 6) is 0.714. The van der Waals surface area contributed by atoms with Gasteiger partial charge in [0.15, 0.2) is 0 Å². The van der Waals surface area contributed by atoms with E-state index >= 15 is 0 Å². The Balaban J connectivity index is 1.62. The highest BCUT2D eigenvalue weighted by Gasteiger charge is 2.38. The zero-order valence-corrected chi connectivity index (χ0v) is 17.5. The summed E-state index contributed by atoms with van der Waals surface area (Å²) in [5, 5.41) is 3.11. The molecule has 1 aliphatic carbocycles. The molecule has 2 fully saturated rings. The molecule has 1 aliphatic heterocycles. The zero-order chi connectivity index (χ0) is 20.1. The van der Waals surface area contributed by atoms with Crippen LogP contribution in [-0.4, -0.2) is 58.8 Å². The first-order chi connectivity index (χ1) is 13.4. The van der Waals surface area contributed by atoms with E-state index in [1.807, 2.05) is 43.9 Å². The maximum Gasteiger partial charge on any atom is 0.237 e. The maximum atomic E-state index is 13.1. The number of carbonyl (C=O) groups excluding carboxylic acids is 2. The van der Waals surface area contributed by atoms with E-state index in [-0.39, 0.29) is 23.3 Å². The van der Waals surface area contributed by atoms with Crippen LogP contribution in [0, 0.1) is 11.3 Å². The minimum atomic E-state index is -0.354. The second kappa shape index (κ2) is 9.03. The Morgan fingerprint density at radius 3 is 2.39 bits per heavy atom. The number of hydrogen-bond acceptors (Lipinski definition) is 4. The van der Waals surface area contributed by atoms with Crippen molar-refractivity contribution in [3.05, 3.63) is 30.1 Å². The molecule has 1 N–H and O–H groups in total. The van der Waals surface area contributed by atoms with Gasteiger partial charge in [0.05, 0.1) is 18.3 Å². The molecule has 1 saturated heterocycles. The molecule has 1 atom stereocenters. The summed E-state index contributed by atoms with van der Waals surface area (Å²) in [6.45, 7) is 9.29. The first-order valence-electron chi connectivity index (χ1n) is 10.6. The van der Waals surface area contributed by atoms with Crippen LogP contribution in [0.2, 0.25) is 0 Å². The molecule has 154 valence electrons. The fraction of sp³-hybridized carbons (Fsp3) is 0.682. The third-order valence-corrected chi connectivity index (χ3v) is 5.92. The summed E-state index contributed by atoms with van der Waals surface area (Å²) in [4.78, 5) is 34.2. The van der Waals surface area contributed by atoms with E-state index in [0.717, 1.165) is 31.6 Å². The number of pyridine rings is 1. The largest absolute Gasteiger partial charge is 0.349 e. The summed E-state index contributed by atoms with van der Waals surface area (Å²) in [5.41, 5.74) is 0.522. The van der Waals surface area contributed by atoms with Gasteiger partial charge in [-0.25, -0.2) is 0 Å². The zero-order valence-electron chi connectivity index (χ0n) is 17.5. The third kappa shape index (κ3) is 5.10. The van der Waals surface area contributed by atoms with Crippen molar-refractivity contribution in [2.45, 2.75) is 59.0 Å². The van der Waals surface area contributed by atoms with E-state index in [9.17, 15) is 9.59 Å². The van der Waals surface area contributed by atoms with Crippen LogP contribution in [0.25, 0.3) is 0 Å². The highest BCUT2D eigenvalue weighted by atomic mass is 16.2. The number of hydrogen-bond donors (Lipinski definition) is 1. The Kier molecular flexibility index (Phi) is 6.70. The Morgan fingerprint density at radius 1 is 1.14 bits per heavy atom. The number of nitrogens with one attached hydrogen (secondary N) is 1. The minimum absolute atomic E-state index is 0.0990. The van der Waals surface area contributed by atoms with Gasteiger partial charge < -0.3 is 10.2 Å². The molecule has 0 radical (unpaired) electrons. The molecule has 1 saturated carbocycles. The molecule has 2 amide bonds. The van der Waals surface area contributed by atoms with Crippen molar-refractivity contribution in [1.82, 2.24) is 20.1 Å². The first-order valence-corrected chi connectivity index (χ1v) is 10.6. The van der Waals surface area contributed by atoms with Crippen molar-refractivity contribution in [2.24, 2.45) is 11.3 Å². The number of carbonyl (C=O) groups is 2. The second-order valence-corrected chi connectivity index (χ2v) is 9.11. The number of aromatic nitrogens is 1. The van der Waals surface area contributed by atoms with Gasteiger partial charge in [-0.15, -0.1) is 0 Å². The van der Waals surface area contributed by atoms with Crippen LogP contribution >= 0.6 is 0 Å². The monoisotopic (exact) mass is 386 g/mol. The molecule has 2 heterocycles. The van der Waals surface area contributed by atoms with Gasteiger partial charge in [0.25, 0.3) is 0 Å². The second-order valence-electron chi connectivity index (χ2n) is 9.11. The lowest BCUT2D eigenvalue weighted by Gasteiger charge is -2.42. The van der Waals surface area contributed by atoms with Crippen molar-refractivity contribution in [3.63, 3.8) is 0 Å². The maximum absolute atomic E-state index is 13.1. The normalized spacial score (nSPS) is 20.2. The van der Waals surface area contributed by atoms with Crippen molar-refractivity contribution in [2.75, 3.05) is 26.2 Å². The molecule has 6 nitrogen and oxygen atoms in total. The van der Waals surface area contributed by atoms with Gasteiger partial charge >= 0.3 is 0 Å². The van der Waals surface area contributed by atoms with Crippen LogP contribution in [0.5, 0.6) is 0 Å². The minimum Gasteiger partial charge on any atom is -0.349 e. The van der Waals surface area contributed by atoms with Gasteiger partial charge in [0.2, 0.25) is 11.8 Å². The lowest BCUT2D eigenvalue weighted by molar-refractivity contribution is -0.142. The number of piperazine rings is 1. The van der Waals surface area contributed by atoms with Crippen molar-refractivity contribution in [3.8, 4) is 0 Å². The van der Waals surface area contributed by atoms with Gasteiger partial charge in [-0.05, 0) is 30.9 Å². The van der Waals surface area contributed by atoms with Crippen LogP contribution in [0.4, 0.5) is 0 Å². The van der Waals surface area contributed by atoms with E-state index < -0.39 is 0 Å². The van der Waals surface area contributed by atoms with E-state index in [4.69, 9.17) is 0 Å². The van der Waals surface area contributed by atoms with Gasteiger partial charge in [-0.2, -0.15) is 0 Å². The Labute approximate surface area is 168 Å². The Morgan fingerprint density at radius 2 is 1.82 bits per heavy atom. The van der Waals surface area contributed by atoms with Crippen molar-refractivity contribution < 1.29 is 9.59 Å². The molecule has 0 bridgehead atoms. The third-order valence-electron chi connectivity index (χ3n) is 5.92. The summed E-state index contributed by atoms with van der Waals surface area (Å²) >= 11 is 0. The standard InChI is InChI=1S/C22H34N4O2/c1-22(2,3)21(28)26-14-12-25(13-15-26)19(17-8-4-5-9-17)20(27)24-16-18-10-6-7-11-23-18/h6-7,10-11,17,19H,4-5,8-9,12-16H2,1-3H3,(H,24,27)/t19-/m0/s1. The van der Waals surface area contributed by atoms with E-state index in [1.165, 1.54) is 12.8 Å². The Bertz CT molecular complexity index is 657. The average Bonchev–Trinajstić information content (AvgIpc) is 3.21. The lowest BCUT2D eigenvalue weighted by atomic mass is 9.93. The molecule has 3 rings (SSSR count). The van der Waals surface area contributed by atoms with Gasteiger partial charge in [-0.1, -0.05) is 39.7 Å².